The van der Waals surface area contributed by atoms with E-state index in [-0.39, 0.29) is 12.5 Å². The van der Waals surface area contributed by atoms with E-state index in [1.165, 1.54) is 11.8 Å². The summed E-state index contributed by atoms with van der Waals surface area (Å²) in [6, 6.07) is 7.54. The minimum atomic E-state index is -0.445. The van der Waals surface area contributed by atoms with Gasteiger partial charge in [0.25, 0.3) is 5.91 Å². The van der Waals surface area contributed by atoms with E-state index in [0.29, 0.717) is 31.4 Å². The van der Waals surface area contributed by atoms with Gasteiger partial charge in [-0.1, -0.05) is 15.9 Å². The number of ether oxygens (including phenoxy) is 2. The van der Waals surface area contributed by atoms with Gasteiger partial charge in [-0.3, -0.25) is 4.79 Å². The van der Waals surface area contributed by atoms with E-state index >= 15 is 0 Å². The number of carbonyl (C=O) groups is 2. The smallest absolute Gasteiger partial charge is 0.344 e. The predicted octanol–water partition coefficient (Wildman–Crippen LogP) is 6.42. The van der Waals surface area contributed by atoms with Gasteiger partial charge in [0.1, 0.15) is 5.75 Å². The molecule has 1 aliphatic rings. The van der Waals surface area contributed by atoms with Crippen LogP contribution in [0.1, 0.15) is 23.6 Å². The van der Waals surface area contributed by atoms with Crippen LogP contribution in [0, 0.1) is 13.8 Å². The monoisotopic (exact) mass is 644 g/mol. The molecule has 0 saturated carbocycles. The van der Waals surface area contributed by atoms with E-state index in [1.807, 2.05) is 38.1 Å². The van der Waals surface area contributed by atoms with Gasteiger partial charge in [-0.15, -0.1) is 0 Å². The number of nitrogens with zero attached hydrogens (tertiary/aromatic N) is 1. The van der Waals surface area contributed by atoms with Gasteiger partial charge in [0.2, 0.25) is 0 Å². The van der Waals surface area contributed by atoms with E-state index in [2.05, 4.69) is 58.1 Å². The number of hydrogen-bond acceptors (Lipinski definition) is 6. The summed E-state index contributed by atoms with van der Waals surface area (Å²) in [5, 5.41) is 3.33. The van der Waals surface area contributed by atoms with Gasteiger partial charge in [0, 0.05) is 4.47 Å². The highest BCUT2D eigenvalue weighted by Crippen LogP contribution is 2.37. The van der Waals surface area contributed by atoms with Crippen LogP contribution in [-0.4, -0.2) is 30.3 Å². The molecule has 0 radical (unpaired) electrons. The Hall–Kier alpha value is -1.62. The quantitative estimate of drug-likeness (QED) is 0.289. The van der Waals surface area contributed by atoms with Crippen LogP contribution >= 0.6 is 59.6 Å². The molecular weight excluding hydrogens is 628 g/mol. The summed E-state index contributed by atoms with van der Waals surface area (Å²) in [5.74, 6) is -0.180. The lowest BCUT2D eigenvalue weighted by atomic mass is 10.1. The minimum absolute atomic E-state index is 0.196. The topological polar surface area (TPSA) is 77.0 Å². The van der Waals surface area contributed by atoms with E-state index in [1.54, 1.807) is 13.0 Å². The SMILES string of the molecule is CCOC(=O)COc1c(Br)cc(/C=C2\SC(=Nc3cc(C)c(Br)c(C)c3)NC2=O)cc1Br. The minimum Gasteiger partial charge on any atom is -0.480 e. The zero-order valence-electron chi connectivity index (χ0n) is 17.4. The molecule has 1 fully saturated rings. The van der Waals surface area contributed by atoms with Crippen molar-refractivity contribution in [2.75, 3.05) is 13.2 Å². The third kappa shape index (κ3) is 6.24. The van der Waals surface area contributed by atoms with Crippen LogP contribution in [0.5, 0.6) is 5.75 Å². The summed E-state index contributed by atoms with van der Waals surface area (Å²) in [6.07, 6.45) is 1.77. The molecule has 32 heavy (non-hydrogen) atoms. The van der Waals surface area contributed by atoms with Gasteiger partial charge in [-0.2, -0.15) is 0 Å². The molecule has 0 aliphatic carbocycles. The summed E-state index contributed by atoms with van der Waals surface area (Å²) in [6.45, 7) is 5.84. The van der Waals surface area contributed by atoms with Crippen molar-refractivity contribution in [3.8, 4) is 5.75 Å². The van der Waals surface area contributed by atoms with Gasteiger partial charge in [0.15, 0.2) is 11.8 Å². The van der Waals surface area contributed by atoms with Crippen LogP contribution in [0.4, 0.5) is 5.69 Å². The van der Waals surface area contributed by atoms with Gasteiger partial charge in [0.05, 0.1) is 26.1 Å². The van der Waals surface area contributed by atoms with E-state index in [0.717, 1.165) is 26.9 Å². The molecule has 2 aromatic carbocycles. The average Bonchev–Trinajstić information content (AvgIpc) is 3.04. The zero-order valence-corrected chi connectivity index (χ0v) is 23.0. The second-order valence-electron chi connectivity index (χ2n) is 6.78. The van der Waals surface area contributed by atoms with Crippen LogP contribution < -0.4 is 10.1 Å². The summed E-state index contributed by atoms with van der Waals surface area (Å²) in [5.41, 5.74) is 3.71. The first-order valence-corrected chi connectivity index (χ1v) is 12.7. The van der Waals surface area contributed by atoms with Crippen LogP contribution in [-0.2, 0) is 14.3 Å². The Morgan fingerprint density at radius 2 is 1.75 bits per heavy atom. The van der Waals surface area contributed by atoms with Gasteiger partial charge in [-0.25, -0.2) is 9.79 Å². The maximum Gasteiger partial charge on any atom is 0.344 e. The van der Waals surface area contributed by atoms with Crippen molar-refractivity contribution in [1.82, 2.24) is 5.32 Å². The van der Waals surface area contributed by atoms with Crippen LogP contribution in [0.15, 0.2) is 47.6 Å². The number of thioether (sulfide) groups is 1. The maximum absolute atomic E-state index is 12.5. The summed E-state index contributed by atoms with van der Waals surface area (Å²) >= 11 is 11.7. The number of nitrogens with one attached hydrogen (secondary N) is 1. The van der Waals surface area contributed by atoms with Crippen LogP contribution in [0.3, 0.4) is 0 Å². The van der Waals surface area contributed by atoms with Crippen LogP contribution in [0.25, 0.3) is 6.08 Å². The number of amides is 1. The number of rotatable bonds is 6. The first-order valence-electron chi connectivity index (χ1n) is 9.51. The molecule has 0 unspecified atom stereocenters. The third-order valence-corrected chi connectivity index (χ3v) is 7.60. The predicted molar refractivity (Wildman–Crippen MR) is 138 cm³/mol. The average molecular weight is 647 g/mol. The van der Waals surface area contributed by atoms with Gasteiger partial charge in [-0.05, 0) is 111 Å². The fourth-order valence-corrected chi connectivity index (χ4v) is 5.39. The molecule has 168 valence electrons. The third-order valence-electron chi connectivity index (χ3n) is 4.26. The molecule has 6 nitrogen and oxygen atoms in total. The Labute approximate surface area is 215 Å². The van der Waals surface area contributed by atoms with Crippen molar-refractivity contribution in [2.45, 2.75) is 20.8 Å². The van der Waals surface area contributed by atoms with Crippen molar-refractivity contribution >= 4 is 88.4 Å². The molecule has 0 aromatic heterocycles. The van der Waals surface area contributed by atoms with Crippen molar-refractivity contribution < 1.29 is 19.1 Å². The van der Waals surface area contributed by atoms with Crippen molar-refractivity contribution in [1.29, 1.82) is 0 Å². The molecule has 1 N–H and O–H groups in total. The molecule has 0 spiro atoms. The fraction of sp³-hybridized carbons (Fsp3) is 0.227. The molecule has 2 aromatic rings. The highest BCUT2D eigenvalue weighted by molar-refractivity contribution is 9.11. The number of aliphatic imine (C=N–C) groups is 1. The van der Waals surface area contributed by atoms with Crippen molar-refractivity contribution in [3.05, 3.63) is 59.3 Å². The second kappa shape index (κ2) is 11.0. The highest BCUT2D eigenvalue weighted by atomic mass is 79.9. The first kappa shape index (κ1) is 25.0. The summed E-state index contributed by atoms with van der Waals surface area (Å²) in [7, 11) is 0. The fourth-order valence-electron chi connectivity index (χ4n) is 2.87. The molecule has 1 aliphatic heterocycles. The number of hydrogen-bond donors (Lipinski definition) is 1. The number of halogens is 3. The summed E-state index contributed by atoms with van der Waals surface area (Å²) < 4.78 is 12.7. The molecule has 10 heteroatoms. The Balaban J connectivity index is 1.78. The maximum atomic E-state index is 12.5. The Morgan fingerprint density at radius 3 is 2.34 bits per heavy atom. The highest BCUT2D eigenvalue weighted by Gasteiger charge is 2.24. The van der Waals surface area contributed by atoms with E-state index in [4.69, 9.17) is 9.47 Å². The Bertz CT molecular complexity index is 1100. The lowest BCUT2D eigenvalue weighted by Crippen LogP contribution is -2.19. The first-order chi connectivity index (χ1) is 15.2. The lowest BCUT2D eigenvalue weighted by molar-refractivity contribution is -0.145. The number of benzene rings is 2. The van der Waals surface area contributed by atoms with E-state index < -0.39 is 5.97 Å². The van der Waals surface area contributed by atoms with E-state index in [9.17, 15) is 9.59 Å². The lowest BCUT2D eigenvalue weighted by Gasteiger charge is -2.11. The molecule has 0 atom stereocenters. The molecule has 3 rings (SSSR count). The molecule has 1 heterocycles. The molecular formula is C22H19Br3N2O4S. The zero-order chi connectivity index (χ0) is 23.4. The summed E-state index contributed by atoms with van der Waals surface area (Å²) in [4.78, 5) is 29.1. The Morgan fingerprint density at radius 1 is 1.12 bits per heavy atom. The number of aryl methyl sites for hydroxylation is 2. The number of amidine groups is 1. The largest absolute Gasteiger partial charge is 0.480 e. The normalized spacial score (nSPS) is 15.9. The Kier molecular flexibility index (Phi) is 8.60. The number of esters is 1. The van der Waals surface area contributed by atoms with Gasteiger partial charge < -0.3 is 14.8 Å². The van der Waals surface area contributed by atoms with Crippen molar-refractivity contribution in [2.24, 2.45) is 4.99 Å². The van der Waals surface area contributed by atoms with Crippen molar-refractivity contribution in [3.63, 3.8) is 0 Å². The molecule has 1 amide bonds. The van der Waals surface area contributed by atoms with Gasteiger partial charge >= 0.3 is 5.97 Å². The standard InChI is InChI=1S/C22H19Br3N2O4S/c1-4-30-18(28)10-31-20-15(23)7-13(8-16(20)24)9-17-21(29)27-22(32-17)26-14-5-11(2)19(25)12(3)6-14/h5-9H,4,10H2,1-3H3,(H,26,27,29)/b17-9-. The second-order valence-corrected chi connectivity index (χ2v) is 10.3. The molecule has 1 saturated heterocycles. The molecule has 0 bridgehead atoms. The van der Waals surface area contributed by atoms with Crippen LogP contribution in [0.2, 0.25) is 0 Å². The number of carbonyl (C=O) groups excluding carboxylic acids is 2.